The lowest BCUT2D eigenvalue weighted by Gasteiger charge is -2.04. The monoisotopic (exact) mass is 325 g/mol. The Bertz CT molecular complexity index is 328. The van der Waals surface area contributed by atoms with E-state index in [1.807, 2.05) is 25.2 Å². The molecule has 0 aliphatic heterocycles. The van der Waals surface area contributed by atoms with Gasteiger partial charge in [-0.25, -0.2) is 0 Å². The molecule has 0 saturated carbocycles. The minimum atomic E-state index is 0. The molecule has 1 aromatic heterocycles. The third-order valence-electron chi connectivity index (χ3n) is 2.15. The summed E-state index contributed by atoms with van der Waals surface area (Å²) in [7, 11) is 1.87. The van der Waals surface area contributed by atoms with Crippen molar-refractivity contribution in [3.8, 4) is 0 Å². The van der Waals surface area contributed by atoms with Gasteiger partial charge in [0.15, 0.2) is 0 Å². The molecule has 19 heavy (non-hydrogen) atoms. The topological polar surface area (TPSA) is 54.0 Å². The number of thioether (sulfide) groups is 1. The second kappa shape index (κ2) is 13.9. The number of hydrogen-bond acceptors (Lipinski definition) is 4. The van der Waals surface area contributed by atoms with Crippen molar-refractivity contribution in [3.63, 3.8) is 0 Å². The molecule has 0 fully saturated rings. The number of nitrogens with one attached hydrogen (secondary N) is 2. The van der Waals surface area contributed by atoms with Crippen LogP contribution in [-0.4, -0.2) is 36.8 Å². The highest BCUT2D eigenvalue weighted by atomic mass is 35.5. The Morgan fingerprint density at radius 3 is 2.74 bits per heavy atom. The zero-order valence-electron chi connectivity index (χ0n) is 10.9. The number of carbonyl (C=O) groups excluding carboxylic acids is 1. The van der Waals surface area contributed by atoms with Gasteiger partial charge in [0.05, 0.1) is 5.69 Å². The Morgan fingerprint density at radius 2 is 2.11 bits per heavy atom. The molecule has 2 N–H and O–H groups in total. The average molecular weight is 326 g/mol. The largest absolute Gasteiger partial charge is 0.355 e. The first-order valence-electron chi connectivity index (χ1n) is 5.72. The van der Waals surface area contributed by atoms with Gasteiger partial charge in [0.25, 0.3) is 0 Å². The maximum absolute atomic E-state index is 11.4. The van der Waals surface area contributed by atoms with Crippen LogP contribution in [0, 0.1) is 0 Å². The van der Waals surface area contributed by atoms with Crippen molar-refractivity contribution in [3.05, 3.63) is 30.1 Å². The zero-order valence-corrected chi connectivity index (χ0v) is 13.4. The normalized spacial score (nSPS) is 9.11. The molecule has 0 aliphatic carbocycles. The van der Waals surface area contributed by atoms with Crippen LogP contribution >= 0.6 is 36.6 Å². The highest BCUT2D eigenvalue weighted by Crippen LogP contribution is 2.10. The Morgan fingerprint density at radius 1 is 1.32 bits per heavy atom. The van der Waals surface area contributed by atoms with Crippen molar-refractivity contribution in [2.24, 2.45) is 0 Å². The van der Waals surface area contributed by atoms with E-state index < -0.39 is 0 Å². The van der Waals surface area contributed by atoms with Crippen LogP contribution in [0.25, 0.3) is 0 Å². The second-order valence-corrected chi connectivity index (χ2v) is 4.68. The predicted molar refractivity (Wildman–Crippen MR) is 86.4 cm³/mol. The summed E-state index contributed by atoms with van der Waals surface area (Å²) >= 11 is 1.73. The molecule has 0 atom stereocenters. The van der Waals surface area contributed by atoms with Gasteiger partial charge in [-0.3, -0.25) is 9.78 Å². The fraction of sp³-hybridized carbons (Fsp3) is 0.500. The first-order valence-corrected chi connectivity index (χ1v) is 6.87. The zero-order chi connectivity index (χ0) is 12.3. The third-order valence-corrected chi connectivity index (χ3v) is 3.14. The van der Waals surface area contributed by atoms with E-state index in [0.29, 0.717) is 13.0 Å². The fourth-order valence-corrected chi connectivity index (χ4v) is 2.09. The summed E-state index contributed by atoms with van der Waals surface area (Å²) in [6.45, 7) is 1.51. The number of carbonyl (C=O) groups is 1. The Balaban J connectivity index is 0. The molecule has 110 valence electrons. The SMILES string of the molecule is CNCCNC(=O)CCSCc1ccccn1.Cl.Cl. The van der Waals surface area contributed by atoms with Crippen molar-refractivity contribution in [2.75, 3.05) is 25.9 Å². The summed E-state index contributed by atoms with van der Waals surface area (Å²) in [6.07, 6.45) is 2.36. The highest BCUT2D eigenvalue weighted by molar-refractivity contribution is 7.98. The molecule has 7 heteroatoms. The fourth-order valence-electron chi connectivity index (χ4n) is 1.24. The molecule has 0 unspecified atom stereocenters. The van der Waals surface area contributed by atoms with Crippen LogP contribution in [0.5, 0.6) is 0 Å². The first kappa shape index (κ1) is 20.8. The number of hydrogen-bond donors (Lipinski definition) is 2. The molecule has 1 aromatic rings. The lowest BCUT2D eigenvalue weighted by molar-refractivity contribution is -0.120. The quantitative estimate of drug-likeness (QED) is 0.716. The van der Waals surface area contributed by atoms with Crippen LogP contribution in [0.1, 0.15) is 12.1 Å². The lowest BCUT2D eigenvalue weighted by Crippen LogP contribution is -2.30. The molecule has 0 aliphatic rings. The van der Waals surface area contributed by atoms with Crippen molar-refractivity contribution >= 4 is 42.5 Å². The van der Waals surface area contributed by atoms with Gasteiger partial charge in [-0.2, -0.15) is 11.8 Å². The number of nitrogens with zero attached hydrogens (tertiary/aromatic N) is 1. The van der Waals surface area contributed by atoms with Gasteiger partial charge in [0.2, 0.25) is 5.91 Å². The third kappa shape index (κ3) is 11.1. The molecule has 0 radical (unpaired) electrons. The van der Waals surface area contributed by atoms with Crippen molar-refractivity contribution in [1.29, 1.82) is 0 Å². The van der Waals surface area contributed by atoms with E-state index in [4.69, 9.17) is 0 Å². The number of halogens is 2. The number of rotatable bonds is 8. The summed E-state index contributed by atoms with van der Waals surface area (Å²) in [5, 5.41) is 5.84. The number of pyridine rings is 1. The number of aromatic nitrogens is 1. The van der Waals surface area contributed by atoms with Crippen LogP contribution < -0.4 is 10.6 Å². The predicted octanol–water partition coefficient (Wildman–Crippen LogP) is 1.88. The Hall–Kier alpha value is -0.490. The van der Waals surface area contributed by atoms with Gasteiger partial charge in [0.1, 0.15) is 0 Å². The number of amides is 1. The van der Waals surface area contributed by atoms with E-state index >= 15 is 0 Å². The van der Waals surface area contributed by atoms with Crippen molar-refractivity contribution in [1.82, 2.24) is 15.6 Å². The van der Waals surface area contributed by atoms with E-state index in [-0.39, 0.29) is 30.7 Å². The summed E-state index contributed by atoms with van der Waals surface area (Å²) in [5.41, 5.74) is 1.06. The van der Waals surface area contributed by atoms with Gasteiger partial charge in [-0.05, 0) is 19.2 Å². The smallest absolute Gasteiger partial charge is 0.220 e. The summed E-state index contributed by atoms with van der Waals surface area (Å²) < 4.78 is 0. The van der Waals surface area contributed by atoms with E-state index in [1.54, 1.807) is 18.0 Å². The van der Waals surface area contributed by atoms with Gasteiger partial charge < -0.3 is 10.6 Å². The van der Waals surface area contributed by atoms with Crippen LogP contribution in [0.2, 0.25) is 0 Å². The summed E-state index contributed by atoms with van der Waals surface area (Å²) in [4.78, 5) is 15.6. The second-order valence-electron chi connectivity index (χ2n) is 3.58. The molecule has 1 heterocycles. The summed E-state index contributed by atoms with van der Waals surface area (Å²) in [6, 6.07) is 5.89. The minimum Gasteiger partial charge on any atom is -0.355 e. The van der Waals surface area contributed by atoms with E-state index in [2.05, 4.69) is 15.6 Å². The molecular weight excluding hydrogens is 305 g/mol. The van der Waals surface area contributed by atoms with Gasteiger partial charge >= 0.3 is 0 Å². The lowest BCUT2D eigenvalue weighted by atomic mass is 10.4. The molecule has 1 rings (SSSR count). The van der Waals surface area contributed by atoms with Gasteiger partial charge in [-0.1, -0.05) is 6.07 Å². The average Bonchev–Trinajstić information content (AvgIpc) is 2.36. The summed E-state index contributed by atoms with van der Waals surface area (Å²) in [5.74, 6) is 1.82. The Kier molecular flexibility index (Phi) is 15.3. The standard InChI is InChI=1S/C12H19N3OS.2ClH/c1-13-7-8-15-12(16)5-9-17-10-11-4-2-3-6-14-11;;/h2-4,6,13H,5,7-10H2,1H3,(H,15,16);2*1H. The van der Waals surface area contributed by atoms with E-state index in [9.17, 15) is 4.79 Å². The molecular formula is C12H21Cl2N3OS. The van der Waals surface area contributed by atoms with E-state index in [1.165, 1.54) is 0 Å². The van der Waals surface area contributed by atoms with Crippen LogP contribution in [0.15, 0.2) is 24.4 Å². The first-order chi connectivity index (χ1) is 8.33. The molecule has 4 nitrogen and oxygen atoms in total. The minimum absolute atomic E-state index is 0. The van der Waals surface area contributed by atoms with Gasteiger partial charge in [0, 0.05) is 37.2 Å². The molecule has 0 spiro atoms. The molecule has 1 amide bonds. The molecule has 0 aromatic carbocycles. The number of likely N-dealkylation sites (N-methyl/N-ethyl adjacent to an activating group) is 1. The van der Waals surface area contributed by atoms with Crippen molar-refractivity contribution in [2.45, 2.75) is 12.2 Å². The Labute approximate surface area is 131 Å². The molecule has 0 bridgehead atoms. The van der Waals surface area contributed by atoms with Crippen molar-refractivity contribution < 1.29 is 4.79 Å². The maximum atomic E-state index is 11.4. The van der Waals surface area contributed by atoms with Crippen LogP contribution in [0.4, 0.5) is 0 Å². The highest BCUT2D eigenvalue weighted by Gasteiger charge is 2.00. The van der Waals surface area contributed by atoms with Crippen LogP contribution in [-0.2, 0) is 10.5 Å². The molecule has 0 saturated heterocycles. The van der Waals surface area contributed by atoms with E-state index in [0.717, 1.165) is 23.7 Å². The maximum Gasteiger partial charge on any atom is 0.220 e. The van der Waals surface area contributed by atoms with Gasteiger partial charge in [-0.15, -0.1) is 24.8 Å². The van der Waals surface area contributed by atoms with Crippen LogP contribution in [0.3, 0.4) is 0 Å².